The maximum absolute atomic E-state index is 4.49. The number of rotatable bonds is 2. The predicted molar refractivity (Wildman–Crippen MR) is 65.7 cm³/mol. The average molecular weight is 220 g/mol. The van der Waals surface area contributed by atoms with Gasteiger partial charge in [-0.05, 0) is 26.7 Å². The highest BCUT2D eigenvalue weighted by molar-refractivity contribution is 5.82. The number of amidine groups is 1. The summed E-state index contributed by atoms with van der Waals surface area (Å²) in [5.41, 5.74) is 3.65. The standard InChI is InChI=1S/C12H20N4/c1-9-11(10(2)16(3)15-9)8-14-12-6-4-5-7-13-12/h4-8H2,1-3H3,(H,13,14). The predicted octanol–water partition coefficient (Wildman–Crippen LogP) is 1.71. The molecule has 4 heteroatoms. The van der Waals surface area contributed by atoms with Crippen molar-refractivity contribution >= 4 is 5.84 Å². The van der Waals surface area contributed by atoms with Crippen molar-refractivity contribution in [2.75, 3.05) is 6.54 Å². The lowest BCUT2D eigenvalue weighted by Gasteiger charge is -2.14. The summed E-state index contributed by atoms with van der Waals surface area (Å²) < 4.78 is 1.94. The fourth-order valence-electron chi connectivity index (χ4n) is 2.11. The van der Waals surface area contributed by atoms with Crippen LogP contribution in [0.4, 0.5) is 0 Å². The van der Waals surface area contributed by atoms with Crippen molar-refractivity contribution in [3.8, 4) is 0 Å². The zero-order valence-electron chi connectivity index (χ0n) is 10.4. The van der Waals surface area contributed by atoms with Crippen molar-refractivity contribution in [3.63, 3.8) is 0 Å². The fraction of sp³-hybridized carbons (Fsp3) is 0.667. The lowest BCUT2D eigenvalue weighted by Crippen LogP contribution is -2.25. The highest BCUT2D eigenvalue weighted by Crippen LogP contribution is 2.12. The van der Waals surface area contributed by atoms with Gasteiger partial charge in [-0.25, -0.2) is 0 Å². The summed E-state index contributed by atoms with van der Waals surface area (Å²) in [6, 6.07) is 0. The summed E-state index contributed by atoms with van der Waals surface area (Å²) in [6.07, 6.45) is 3.59. The highest BCUT2D eigenvalue weighted by atomic mass is 15.3. The second-order valence-electron chi connectivity index (χ2n) is 4.41. The smallest absolute Gasteiger partial charge is 0.0965 e. The third-order valence-electron chi connectivity index (χ3n) is 3.25. The van der Waals surface area contributed by atoms with Crippen LogP contribution in [-0.4, -0.2) is 22.2 Å². The molecule has 1 N–H and O–H groups in total. The molecule has 88 valence electrons. The van der Waals surface area contributed by atoms with Crippen molar-refractivity contribution in [3.05, 3.63) is 17.0 Å². The van der Waals surface area contributed by atoms with Gasteiger partial charge >= 0.3 is 0 Å². The number of nitrogens with zero attached hydrogens (tertiary/aromatic N) is 3. The van der Waals surface area contributed by atoms with Gasteiger partial charge < -0.3 is 5.32 Å². The van der Waals surface area contributed by atoms with E-state index in [-0.39, 0.29) is 0 Å². The first-order valence-electron chi connectivity index (χ1n) is 5.94. The minimum Gasteiger partial charge on any atom is -0.370 e. The van der Waals surface area contributed by atoms with Crippen LogP contribution in [0, 0.1) is 13.8 Å². The highest BCUT2D eigenvalue weighted by Gasteiger charge is 2.10. The molecule has 0 saturated carbocycles. The molecule has 1 aromatic rings. The number of aryl methyl sites for hydroxylation is 2. The Hall–Kier alpha value is -1.32. The van der Waals surface area contributed by atoms with E-state index >= 15 is 0 Å². The second kappa shape index (κ2) is 4.68. The molecule has 2 heterocycles. The summed E-state index contributed by atoms with van der Waals surface area (Å²) >= 11 is 0. The molecule has 0 bridgehead atoms. The molecule has 0 aliphatic carbocycles. The Labute approximate surface area is 96.8 Å². The van der Waals surface area contributed by atoms with Gasteiger partial charge in [-0.3, -0.25) is 9.67 Å². The van der Waals surface area contributed by atoms with Gasteiger partial charge in [0.25, 0.3) is 0 Å². The van der Waals surface area contributed by atoms with E-state index in [9.17, 15) is 0 Å². The Balaban J connectivity index is 2.01. The quantitative estimate of drug-likeness (QED) is 0.824. The largest absolute Gasteiger partial charge is 0.370 e. The van der Waals surface area contributed by atoms with Gasteiger partial charge in [-0.1, -0.05) is 0 Å². The van der Waals surface area contributed by atoms with Crippen molar-refractivity contribution in [1.82, 2.24) is 15.1 Å². The van der Waals surface area contributed by atoms with Crippen LogP contribution in [0.1, 0.15) is 36.2 Å². The van der Waals surface area contributed by atoms with E-state index in [1.807, 2.05) is 11.7 Å². The zero-order valence-corrected chi connectivity index (χ0v) is 10.4. The molecule has 0 saturated heterocycles. The van der Waals surface area contributed by atoms with Gasteiger partial charge in [0.05, 0.1) is 11.5 Å². The van der Waals surface area contributed by atoms with Crippen LogP contribution in [0.25, 0.3) is 0 Å². The van der Waals surface area contributed by atoms with Gasteiger partial charge in [0, 0.05) is 37.8 Å². The van der Waals surface area contributed by atoms with Gasteiger partial charge in [-0.15, -0.1) is 0 Å². The maximum atomic E-state index is 4.49. The third-order valence-corrected chi connectivity index (χ3v) is 3.25. The van der Waals surface area contributed by atoms with Crippen LogP contribution in [-0.2, 0) is 13.6 Å². The first-order chi connectivity index (χ1) is 7.68. The van der Waals surface area contributed by atoms with Crippen LogP contribution in [0.15, 0.2) is 4.99 Å². The number of aromatic nitrogens is 2. The number of hydrogen-bond donors (Lipinski definition) is 1. The molecule has 0 radical (unpaired) electrons. The molecule has 1 aliphatic heterocycles. The number of hydrogen-bond acceptors (Lipinski definition) is 3. The van der Waals surface area contributed by atoms with E-state index in [0.29, 0.717) is 0 Å². The summed E-state index contributed by atoms with van der Waals surface area (Å²) in [7, 11) is 1.99. The Bertz CT molecular complexity index is 403. The lowest BCUT2D eigenvalue weighted by molar-refractivity contribution is 0.703. The molecule has 2 rings (SSSR count). The first kappa shape index (κ1) is 11.2. The lowest BCUT2D eigenvalue weighted by atomic mass is 10.1. The molecule has 4 nitrogen and oxygen atoms in total. The summed E-state index contributed by atoms with van der Waals surface area (Å²) in [5.74, 6) is 1.16. The minimum atomic E-state index is 0.852. The number of aliphatic imine (C=N–C) groups is 1. The van der Waals surface area contributed by atoms with Gasteiger partial charge in [0.2, 0.25) is 0 Å². The second-order valence-corrected chi connectivity index (χ2v) is 4.41. The summed E-state index contributed by atoms with van der Waals surface area (Å²) in [4.78, 5) is 4.49. The monoisotopic (exact) mass is 220 g/mol. The van der Waals surface area contributed by atoms with Gasteiger partial charge in [-0.2, -0.15) is 5.10 Å². The maximum Gasteiger partial charge on any atom is 0.0965 e. The molecule has 1 aromatic heterocycles. The van der Waals surface area contributed by atoms with Crippen molar-refractivity contribution in [1.29, 1.82) is 0 Å². The third kappa shape index (κ3) is 2.26. The molecule has 0 spiro atoms. The molecule has 0 unspecified atom stereocenters. The van der Waals surface area contributed by atoms with E-state index in [4.69, 9.17) is 0 Å². The molecular weight excluding hydrogens is 200 g/mol. The Morgan fingerprint density at radius 2 is 2.12 bits per heavy atom. The van der Waals surface area contributed by atoms with E-state index in [1.54, 1.807) is 0 Å². The summed E-state index contributed by atoms with van der Waals surface area (Å²) in [6.45, 7) is 6.00. The molecule has 0 aromatic carbocycles. The average Bonchev–Trinajstić information content (AvgIpc) is 2.53. The van der Waals surface area contributed by atoms with Crippen LogP contribution >= 0.6 is 0 Å². The van der Waals surface area contributed by atoms with Crippen LogP contribution in [0.2, 0.25) is 0 Å². The van der Waals surface area contributed by atoms with Crippen LogP contribution in [0.5, 0.6) is 0 Å². The molecular formula is C12H20N4. The summed E-state index contributed by atoms with van der Waals surface area (Å²) in [5, 5.41) is 7.84. The van der Waals surface area contributed by atoms with Crippen molar-refractivity contribution < 1.29 is 0 Å². The fourth-order valence-corrected chi connectivity index (χ4v) is 2.11. The molecule has 0 fully saturated rings. The van der Waals surface area contributed by atoms with E-state index in [1.165, 1.54) is 24.1 Å². The normalized spacial score (nSPS) is 16.1. The Kier molecular flexibility index (Phi) is 3.27. The molecule has 0 amide bonds. The van der Waals surface area contributed by atoms with Crippen LogP contribution in [0.3, 0.4) is 0 Å². The zero-order chi connectivity index (χ0) is 11.5. The topological polar surface area (TPSA) is 42.2 Å². The molecule has 16 heavy (non-hydrogen) atoms. The Morgan fingerprint density at radius 1 is 1.31 bits per heavy atom. The van der Waals surface area contributed by atoms with E-state index in [0.717, 1.165) is 31.0 Å². The van der Waals surface area contributed by atoms with E-state index < -0.39 is 0 Å². The number of nitrogens with one attached hydrogen (secondary N) is 1. The van der Waals surface area contributed by atoms with Crippen LogP contribution < -0.4 is 5.32 Å². The first-order valence-corrected chi connectivity index (χ1v) is 5.94. The minimum absolute atomic E-state index is 0.852. The van der Waals surface area contributed by atoms with Crippen molar-refractivity contribution in [2.24, 2.45) is 12.0 Å². The molecule has 0 atom stereocenters. The van der Waals surface area contributed by atoms with Gasteiger partial charge in [0.1, 0.15) is 0 Å². The van der Waals surface area contributed by atoms with Crippen molar-refractivity contribution in [2.45, 2.75) is 39.7 Å². The Morgan fingerprint density at radius 3 is 2.69 bits per heavy atom. The molecule has 1 aliphatic rings. The van der Waals surface area contributed by atoms with E-state index in [2.05, 4.69) is 29.3 Å². The van der Waals surface area contributed by atoms with Gasteiger partial charge in [0.15, 0.2) is 0 Å². The SMILES string of the molecule is Cc1nn(C)c(C)c1CNC1=NCCCC1.